The van der Waals surface area contributed by atoms with Crippen LogP contribution >= 0.6 is 0 Å². The molecule has 1 heterocycles. The summed E-state index contributed by atoms with van der Waals surface area (Å²) in [7, 11) is 0. The van der Waals surface area contributed by atoms with Crippen LogP contribution in [0.3, 0.4) is 0 Å². The van der Waals surface area contributed by atoms with Gasteiger partial charge < -0.3 is 17.0 Å². The van der Waals surface area contributed by atoms with E-state index in [4.69, 9.17) is 0 Å². The maximum Gasteiger partial charge on any atom is 0.178 e. The number of hydrogen-bond acceptors (Lipinski definition) is 1. The number of ketones is 1. The predicted octanol–water partition coefficient (Wildman–Crippen LogP) is 0.874. The highest BCUT2D eigenvalue weighted by Gasteiger charge is 2.26. The summed E-state index contributed by atoms with van der Waals surface area (Å²) in [6.07, 6.45) is 3.91. The zero-order valence-corrected chi connectivity index (χ0v) is 15.9. The molecular weight excluding hydrogens is 326 g/mol. The largest absolute Gasteiger partial charge is 1.00 e. The molecule has 0 aliphatic heterocycles. The SMILES string of the molecule is Cc1cccc[n+]1CC(=CC(=O)C(C)(C)C)C(C)(C)C.[Br-]. The Morgan fingerprint density at radius 1 is 1.10 bits per heavy atom. The molecular formula is C18H28BrNO. The zero-order chi connectivity index (χ0) is 15.6. The Morgan fingerprint density at radius 2 is 1.67 bits per heavy atom. The van der Waals surface area contributed by atoms with Crippen molar-refractivity contribution in [3.8, 4) is 0 Å². The minimum Gasteiger partial charge on any atom is -1.00 e. The second kappa shape index (κ2) is 7.35. The molecule has 0 aliphatic rings. The van der Waals surface area contributed by atoms with E-state index in [0.29, 0.717) is 0 Å². The number of allylic oxidation sites excluding steroid dienone is 2. The lowest BCUT2D eigenvalue weighted by molar-refractivity contribution is -0.695. The first-order valence-electron chi connectivity index (χ1n) is 7.22. The molecule has 2 nitrogen and oxygen atoms in total. The first kappa shape index (κ1) is 20.0. The summed E-state index contributed by atoms with van der Waals surface area (Å²) >= 11 is 0. The number of halogens is 1. The predicted molar refractivity (Wildman–Crippen MR) is 83.4 cm³/mol. The highest BCUT2D eigenvalue weighted by Crippen LogP contribution is 2.27. The van der Waals surface area contributed by atoms with Gasteiger partial charge in [0.05, 0.1) is 0 Å². The van der Waals surface area contributed by atoms with Crippen LogP contribution < -0.4 is 21.5 Å². The quantitative estimate of drug-likeness (QED) is 0.583. The normalized spacial score (nSPS) is 12.8. The summed E-state index contributed by atoms with van der Waals surface area (Å²) in [5, 5.41) is 0. The van der Waals surface area contributed by atoms with Gasteiger partial charge in [0.2, 0.25) is 0 Å². The molecule has 0 aliphatic carbocycles. The molecule has 0 fully saturated rings. The molecule has 1 aromatic rings. The highest BCUT2D eigenvalue weighted by molar-refractivity contribution is 5.94. The zero-order valence-electron chi connectivity index (χ0n) is 14.3. The Kier molecular flexibility index (Phi) is 7.01. The Labute approximate surface area is 140 Å². The minimum absolute atomic E-state index is 0. The van der Waals surface area contributed by atoms with Crippen molar-refractivity contribution in [3.05, 3.63) is 41.7 Å². The van der Waals surface area contributed by atoms with Crippen LogP contribution in [0.25, 0.3) is 0 Å². The number of carbonyl (C=O) groups excluding carboxylic acids is 1. The number of aryl methyl sites for hydroxylation is 1. The van der Waals surface area contributed by atoms with Gasteiger partial charge in [0, 0.05) is 30.0 Å². The summed E-state index contributed by atoms with van der Waals surface area (Å²) < 4.78 is 2.19. The average Bonchev–Trinajstić information content (AvgIpc) is 2.28. The third-order valence-electron chi connectivity index (χ3n) is 3.52. The van der Waals surface area contributed by atoms with E-state index in [0.717, 1.165) is 12.1 Å². The molecule has 0 saturated heterocycles. The van der Waals surface area contributed by atoms with Crippen LogP contribution in [0, 0.1) is 17.8 Å². The van der Waals surface area contributed by atoms with Gasteiger partial charge in [0.15, 0.2) is 24.2 Å². The third-order valence-corrected chi connectivity index (χ3v) is 3.52. The monoisotopic (exact) mass is 353 g/mol. The van der Waals surface area contributed by atoms with Crippen molar-refractivity contribution in [2.24, 2.45) is 10.8 Å². The summed E-state index contributed by atoms with van der Waals surface area (Å²) in [5.41, 5.74) is 2.02. The van der Waals surface area contributed by atoms with Crippen LogP contribution in [-0.2, 0) is 11.3 Å². The molecule has 0 spiro atoms. The Bertz CT molecular complexity index is 519. The molecule has 21 heavy (non-hydrogen) atoms. The van der Waals surface area contributed by atoms with Crippen LogP contribution in [0.15, 0.2) is 36.0 Å². The smallest absolute Gasteiger partial charge is 0.178 e. The fraction of sp³-hybridized carbons (Fsp3) is 0.556. The van der Waals surface area contributed by atoms with E-state index in [1.54, 1.807) is 0 Å². The van der Waals surface area contributed by atoms with E-state index in [1.807, 2.05) is 39.0 Å². The Balaban J connectivity index is 0.00000400. The minimum atomic E-state index is -0.326. The van der Waals surface area contributed by atoms with Gasteiger partial charge in [-0.2, -0.15) is 4.57 Å². The number of pyridine rings is 1. The summed E-state index contributed by atoms with van der Waals surface area (Å²) in [6, 6.07) is 6.15. The van der Waals surface area contributed by atoms with Crippen LogP contribution in [0.2, 0.25) is 0 Å². The molecule has 0 amide bonds. The van der Waals surface area contributed by atoms with Crippen molar-refractivity contribution in [3.63, 3.8) is 0 Å². The van der Waals surface area contributed by atoms with Crippen LogP contribution in [0.1, 0.15) is 47.2 Å². The molecule has 0 N–H and O–H groups in total. The molecule has 1 aromatic heterocycles. The van der Waals surface area contributed by atoms with Crippen molar-refractivity contribution in [2.75, 3.05) is 0 Å². The Morgan fingerprint density at radius 3 is 2.10 bits per heavy atom. The van der Waals surface area contributed by atoms with Gasteiger partial charge in [0.25, 0.3) is 0 Å². The standard InChI is InChI=1S/C18H28NO.BrH/c1-14-10-8-9-11-19(14)13-15(17(2,3)4)12-16(20)18(5,6)7;/h8-12H,13H2,1-7H3;1H/q+1;/p-1. The number of carbonyl (C=O) groups is 1. The molecule has 1 rings (SSSR count). The number of rotatable bonds is 3. The van der Waals surface area contributed by atoms with Crippen molar-refractivity contribution in [2.45, 2.75) is 55.0 Å². The molecule has 0 saturated carbocycles. The van der Waals surface area contributed by atoms with Gasteiger partial charge in [0.1, 0.15) is 0 Å². The van der Waals surface area contributed by atoms with Gasteiger partial charge in [-0.05, 0) is 11.5 Å². The van der Waals surface area contributed by atoms with Crippen molar-refractivity contribution >= 4 is 5.78 Å². The van der Waals surface area contributed by atoms with E-state index in [9.17, 15) is 4.79 Å². The average molecular weight is 354 g/mol. The summed E-state index contributed by atoms with van der Waals surface area (Å²) in [4.78, 5) is 12.3. The fourth-order valence-corrected chi connectivity index (χ4v) is 1.80. The van der Waals surface area contributed by atoms with Crippen molar-refractivity contribution in [1.82, 2.24) is 0 Å². The number of aromatic nitrogens is 1. The van der Waals surface area contributed by atoms with E-state index >= 15 is 0 Å². The molecule has 0 unspecified atom stereocenters. The van der Waals surface area contributed by atoms with Gasteiger partial charge >= 0.3 is 0 Å². The van der Waals surface area contributed by atoms with E-state index in [1.165, 1.54) is 5.69 Å². The molecule has 0 aromatic carbocycles. The lowest BCUT2D eigenvalue weighted by Crippen LogP contribution is -3.00. The van der Waals surface area contributed by atoms with Gasteiger partial charge in [-0.15, -0.1) is 0 Å². The highest BCUT2D eigenvalue weighted by atomic mass is 79.9. The summed E-state index contributed by atoms with van der Waals surface area (Å²) in [6.45, 7) is 15.2. The molecule has 118 valence electrons. The maximum absolute atomic E-state index is 12.3. The van der Waals surface area contributed by atoms with Crippen molar-refractivity contribution in [1.29, 1.82) is 0 Å². The first-order valence-corrected chi connectivity index (χ1v) is 7.22. The fourth-order valence-electron chi connectivity index (χ4n) is 1.80. The van der Waals surface area contributed by atoms with Gasteiger partial charge in [-0.3, -0.25) is 4.79 Å². The molecule has 0 radical (unpaired) electrons. The van der Waals surface area contributed by atoms with E-state index < -0.39 is 0 Å². The molecule has 0 atom stereocenters. The second-order valence-corrected chi connectivity index (χ2v) is 7.50. The molecule has 0 bridgehead atoms. The number of hydrogen-bond donors (Lipinski definition) is 0. The van der Waals surface area contributed by atoms with Crippen LogP contribution in [0.5, 0.6) is 0 Å². The van der Waals surface area contributed by atoms with E-state index in [2.05, 4.69) is 44.5 Å². The topological polar surface area (TPSA) is 20.9 Å². The summed E-state index contributed by atoms with van der Waals surface area (Å²) in [5.74, 6) is 0.191. The maximum atomic E-state index is 12.3. The Hall–Kier alpha value is -0.960. The second-order valence-electron chi connectivity index (χ2n) is 7.50. The lowest BCUT2D eigenvalue weighted by Gasteiger charge is -2.23. The third kappa shape index (κ3) is 6.13. The first-order chi connectivity index (χ1) is 9.01. The van der Waals surface area contributed by atoms with Crippen LogP contribution in [0.4, 0.5) is 0 Å². The van der Waals surface area contributed by atoms with E-state index in [-0.39, 0.29) is 33.6 Å². The van der Waals surface area contributed by atoms with Gasteiger partial charge in [-0.25, -0.2) is 0 Å². The molecule has 3 heteroatoms. The number of nitrogens with zero attached hydrogens (tertiary/aromatic N) is 1. The lowest BCUT2D eigenvalue weighted by atomic mass is 9.82. The van der Waals surface area contributed by atoms with Gasteiger partial charge in [-0.1, -0.05) is 47.6 Å². The van der Waals surface area contributed by atoms with Crippen LogP contribution in [-0.4, -0.2) is 5.78 Å². The van der Waals surface area contributed by atoms with Crippen molar-refractivity contribution < 1.29 is 26.3 Å².